The number of nitrogens with zero attached hydrogens (tertiary/aromatic N) is 5. The Hall–Kier alpha value is -6.00. The maximum atomic E-state index is 16.1. The number of nitrogens with two attached hydrogens (primary N) is 2. The first-order valence-electron chi connectivity index (χ1n) is 25.9. The summed E-state index contributed by atoms with van der Waals surface area (Å²) >= 11 is 0. The lowest BCUT2D eigenvalue weighted by Crippen LogP contribution is -2.51. The van der Waals surface area contributed by atoms with Gasteiger partial charge in [-0.3, -0.25) is 24.0 Å². The van der Waals surface area contributed by atoms with Gasteiger partial charge in [-0.15, -0.1) is 0 Å². The molecule has 9 N–H and O–H groups in total. The molecule has 0 spiro atoms. The molecule has 0 saturated carbocycles. The number of carbonyl (C=O) groups excluding carboxylic acids is 1. The van der Waals surface area contributed by atoms with Crippen molar-refractivity contribution in [3.8, 4) is 5.75 Å². The van der Waals surface area contributed by atoms with Crippen LogP contribution in [0.3, 0.4) is 0 Å². The Bertz CT molecular complexity index is 2680. The summed E-state index contributed by atoms with van der Waals surface area (Å²) in [6.07, 6.45) is 7.18. The van der Waals surface area contributed by atoms with Crippen molar-refractivity contribution in [2.24, 2.45) is 11.5 Å². The molecular formula is C52H77BF2N12O6. The van der Waals surface area contributed by atoms with Crippen molar-refractivity contribution in [3.05, 3.63) is 111 Å². The Morgan fingerprint density at radius 2 is 1.10 bits per heavy atom. The minimum atomic E-state index is -4.09. The Labute approximate surface area is 427 Å². The van der Waals surface area contributed by atoms with Crippen molar-refractivity contribution in [1.29, 1.82) is 0 Å². The van der Waals surface area contributed by atoms with E-state index >= 15 is 8.63 Å². The maximum absolute atomic E-state index is 16.1. The van der Waals surface area contributed by atoms with Gasteiger partial charge in [0, 0.05) is 57.0 Å². The van der Waals surface area contributed by atoms with Crippen LogP contribution in [0.4, 0.5) is 31.4 Å². The first kappa shape index (κ1) is 56.3. The summed E-state index contributed by atoms with van der Waals surface area (Å²) in [5, 5.41) is 15.6. The van der Waals surface area contributed by atoms with E-state index in [2.05, 4.69) is 41.3 Å². The average Bonchev–Trinajstić information content (AvgIpc) is 3.86. The van der Waals surface area contributed by atoms with Gasteiger partial charge in [0.2, 0.25) is 0 Å². The maximum Gasteiger partial charge on any atom is 0.737 e. The summed E-state index contributed by atoms with van der Waals surface area (Å²) < 4.78 is 40.4. The summed E-state index contributed by atoms with van der Waals surface area (Å²) in [6.45, 7) is 11.9. The van der Waals surface area contributed by atoms with Gasteiger partial charge < -0.3 is 75.1 Å². The van der Waals surface area contributed by atoms with Crippen molar-refractivity contribution in [1.82, 2.24) is 24.5 Å². The summed E-state index contributed by atoms with van der Waals surface area (Å²) in [4.78, 5) is 69.4. The number of ether oxygens (including phenoxy) is 1. The third-order valence-corrected chi connectivity index (χ3v) is 13.7. The van der Waals surface area contributed by atoms with Crippen molar-refractivity contribution in [2.75, 3.05) is 134 Å². The minimum Gasteiger partial charge on any atom is -0.484 e. The Balaban J connectivity index is 0.989. The highest BCUT2D eigenvalue weighted by atomic mass is 19.2. The van der Waals surface area contributed by atoms with Crippen LogP contribution in [0, 0.1) is 13.8 Å². The van der Waals surface area contributed by atoms with Gasteiger partial charge >= 0.3 is 6.97 Å². The fourth-order valence-corrected chi connectivity index (χ4v) is 9.92. The fourth-order valence-electron chi connectivity index (χ4n) is 9.92. The first-order valence-corrected chi connectivity index (χ1v) is 25.9. The second-order valence-electron chi connectivity index (χ2n) is 19.5. The van der Waals surface area contributed by atoms with Crippen molar-refractivity contribution in [3.63, 3.8) is 0 Å². The van der Waals surface area contributed by atoms with Gasteiger partial charge in [-0.25, -0.2) is 0 Å². The monoisotopic (exact) mass is 1010 g/mol. The fraction of sp³-hybridized carbons (Fsp3) is 0.538. The molecule has 2 aliphatic heterocycles. The molecule has 1 amide bonds. The molecule has 2 aliphatic rings. The summed E-state index contributed by atoms with van der Waals surface area (Å²) in [5.41, 5.74) is 15.4. The lowest BCUT2D eigenvalue weighted by molar-refractivity contribution is -0.363. The van der Waals surface area contributed by atoms with Crippen LogP contribution in [0.2, 0.25) is 0 Å². The predicted molar refractivity (Wildman–Crippen MR) is 291 cm³/mol. The normalized spacial score (nSPS) is 14.2. The molecule has 3 aromatic carbocycles. The zero-order chi connectivity index (χ0) is 52.8. The summed E-state index contributed by atoms with van der Waals surface area (Å²) in [7, 11) is 4.06. The predicted octanol–water partition coefficient (Wildman–Crippen LogP) is 3.08. The minimum absolute atomic E-state index is 0.215. The molecule has 0 radical (unpaired) electrons. The van der Waals surface area contributed by atoms with Crippen LogP contribution in [0.1, 0.15) is 81.3 Å². The zero-order valence-electron chi connectivity index (χ0n) is 43.7. The molecule has 0 aliphatic carbocycles. The molecule has 398 valence electrons. The number of nitrogens with one attached hydrogen (secondary N) is 5. The van der Waals surface area contributed by atoms with E-state index in [1.165, 1.54) is 8.96 Å². The molecule has 1 aromatic heterocycles. The molecule has 0 unspecified atom stereocenters. The Kier molecular flexibility index (Phi) is 20.3. The summed E-state index contributed by atoms with van der Waals surface area (Å²) in [6, 6.07) is 8.96. The lowest BCUT2D eigenvalue weighted by atomic mass is 9.84. The third-order valence-electron chi connectivity index (χ3n) is 13.7. The first-order chi connectivity index (χ1) is 35.0. The molecule has 18 nitrogen and oxygen atoms in total. The van der Waals surface area contributed by atoms with Gasteiger partial charge in [-0.1, -0.05) is 12.1 Å². The number of aromatic nitrogens is 1. The smallest absolute Gasteiger partial charge is 0.484 e. The second kappa shape index (κ2) is 26.3. The largest absolute Gasteiger partial charge is 0.737 e. The van der Waals surface area contributed by atoms with Gasteiger partial charge in [0.1, 0.15) is 34.2 Å². The topological polar surface area (TPSA) is 224 Å². The van der Waals surface area contributed by atoms with Crippen molar-refractivity contribution in [2.45, 2.75) is 72.6 Å². The van der Waals surface area contributed by atoms with E-state index in [0.717, 1.165) is 74.1 Å². The number of aryl methyl sites for hydroxylation is 2. The van der Waals surface area contributed by atoms with E-state index in [9.17, 15) is 24.0 Å². The molecule has 6 rings (SSSR count). The van der Waals surface area contributed by atoms with Gasteiger partial charge in [-0.05, 0) is 174 Å². The number of allylic oxidation sites excluding steroid dienone is 2. The SMILES string of the molecule is CC1=CC(C)=[N+]2C1=C(c1ccc(OCC(=O)NCCCN(CCCNc3c(NCCCN(C)CCCN)c(=O)c3=O)CCCNc3c(NCCCN(C)CCCN)c(=O)c3=O)cc1)c1c(C)cc(C)n1[B-]2(F)F. The number of hydrogen-bond acceptors (Lipinski definition) is 15. The molecule has 3 heterocycles. The highest BCUT2D eigenvalue weighted by Crippen LogP contribution is 2.44. The zero-order valence-corrected chi connectivity index (χ0v) is 43.7. The van der Waals surface area contributed by atoms with Gasteiger partial charge in [-0.2, -0.15) is 0 Å². The van der Waals surface area contributed by atoms with Crippen LogP contribution in [0.15, 0.2) is 66.9 Å². The third kappa shape index (κ3) is 13.8. The average molecular weight is 1020 g/mol. The molecule has 21 heteroatoms. The van der Waals surface area contributed by atoms with Crippen LogP contribution < -0.4 is 64.5 Å². The number of halogens is 2. The molecule has 0 atom stereocenters. The number of carbonyl (C=O) groups is 1. The number of fused-ring (bicyclic) bond motifs is 2. The van der Waals surface area contributed by atoms with E-state index in [-0.39, 0.29) is 12.5 Å². The molecule has 0 bridgehead atoms. The van der Waals surface area contributed by atoms with Crippen LogP contribution in [-0.4, -0.2) is 155 Å². The quantitative estimate of drug-likeness (QED) is 0.0203. The van der Waals surface area contributed by atoms with Crippen LogP contribution in [0.25, 0.3) is 5.57 Å². The highest BCUT2D eigenvalue weighted by Gasteiger charge is 2.55. The van der Waals surface area contributed by atoms with Gasteiger partial charge in [0.15, 0.2) is 12.3 Å². The molecular weight excluding hydrogens is 937 g/mol. The molecule has 73 heavy (non-hydrogen) atoms. The van der Waals surface area contributed by atoms with Crippen LogP contribution in [-0.2, 0) is 4.79 Å². The molecule has 0 saturated heterocycles. The van der Waals surface area contributed by atoms with Crippen molar-refractivity contribution >= 4 is 46.9 Å². The number of rotatable bonds is 34. The summed E-state index contributed by atoms with van der Waals surface area (Å²) in [5.74, 6) is 0.168. The van der Waals surface area contributed by atoms with Crippen molar-refractivity contribution < 1.29 is 22.6 Å². The van der Waals surface area contributed by atoms with Gasteiger partial charge in [0.25, 0.3) is 27.6 Å². The number of anilines is 4. The van der Waals surface area contributed by atoms with Crippen LogP contribution in [0.5, 0.6) is 5.75 Å². The van der Waals surface area contributed by atoms with Crippen LogP contribution >= 0.6 is 0 Å². The van der Waals surface area contributed by atoms with E-state index in [4.69, 9.17) is 16.2 Å². The highest BCUT2D eigenvalue weighted by molar-refractivity contribution is 6.58. The Morgan fingerprint density at radius 3 is 1.56 bits per heavy atom. The number of benzene rings is 1. The second-order valence-corrected chi connectivity index (χ2v) is 19.5. The molecule has 0 fully saturated rings. The van der Waals surface area contributed by atoms with E-state index < -0.39 is 28.7 Å². The molecule has 4 aromatic rings. The standard InChI is InChI=1S/C52H77BF2N12O6/c1-35-32-37(3)66-47(35)42(48-36(2)33-38(4)67(48)53(66,54)55)39-14-16-40(17-15-39)73-34-41(68)58-20-11-29-65(30-12-23-61-45-43(49(69)51(45)71)59-21-9-27-63(5)25-7-18-56)31-13-24-62-46-44(50(70)52(46)72)60-22-10-28-64(6)26-8-19-57/h14-17,32-33,59-62H,7-13,18-31,34,56-57H2,1-6H3,(H,58,68). The van der Waals surface area contributed by atoms with E-state index in [1.54, 1.807) is 38.1 Å². The van der Waals surface area contributed by atoms with Gasteiger partial charge in [0.05, 0.1) is 5.57 Å². The Morgan fingerprint density at radius 1 is 0.658 bits per heavy atom. The van der Waals surface area contributed by atoms with E-state index in [0.29, 0.717) is 136 Å². The van der Waals surface area contributed by atoms with E-state index in [1.807, 2.05) is 40.1 Å². The number of hydrogen-bond donors (Lipinski definition) is 7. The number of amides is 1. The lowest BCUT2D eigenvalue weighted by Gasteiger charge is -2.34.